The molecule has 0 spiro atoms. The lowest BCUT2D eigenvalue weighted by molar-refractivity contribution is -0.114. The number of carbonyl (C=O) groups is 2. The van der Waals surface area contributed by atoms with Gasteiger partial charge >= 0.3 is 0 Å². The van der Waals surface area contributed by atoms with E-state index in [1.807, 2.05) is 67.6 Å². The lowest BCUT2D eigenvalue weighted by Crippen LogP contribution is -2.27. The monoisotopic (exact) mass is 473 g/mol. The molecule has 2 unspecified atom stereocenters. The predicted octanol–water partition coefficient (Wildman–Crippen LogP) is 4.79. The molecule has 3 aromatic rings. The Labute approximate surface area is 205 Å². The van der Waals surface area contributed by atoms with Gasteiger partial charge in [-0.05, 0) is 55.7 Å². The van der Waals surface area contributed by atoms with Gasteiger partial charge in [0.05, 0.1) is 24.4 Å². The molecule has 3 N–H and O–H groups in total. The maximum absolute atomic E-state index is 12.7. The van der Waals surface area contributed by atoms with E-state index in [2.05, 4.69) is 16.0 Å². The van der Waals surface area contributed by atoms with Crippen molar-refractivity contribution in [1.29, 1.82) is 0 Å². The van der Waals surface area contributed by atoms with E-state index >= 15 is 0 Å². The van der Waals surface area contributed by atoms with Gasteiger partial charge in [0, 0.05) is 17.9 Å². The molecule has 0 aliphatic carbocycles. The molecule has 0 bridgehead atoms. The molecule has 0 aromatic heterocycles. The van der Waals surface area contributed by atoms with Gasteiger partial charge in [-0.25, -0.2) is 0 Å². The number of nitrogens with one attached hydrogen (secondary N) is 3. The molecule has 1 heterocycles. The summed E-state index contributed by atoms with van der Waals surface area (Å²) in [7, 11) is 0. The standard InChI is InChI=1S/C28H31N3O4/c1-20(21-9-3-2-4-10-21)30-28(33)22-11-7-12-23(17-22)29-18-27(32)31-25-14-5-6-15-26(25)35-19-24-13-8-16-34-24/h2-7,9-12,14-15,17,20,24,29H,8,13,16,18-19H2,1H3,(H,30,33)(H,31,32). The molecule has 2 atom stereocenters. The van der Waals surface area contributed by atoms with Crippen LogP contribution in [0.25, 0.3) is 0 Å². The van der Waals surface area contributed by atoms with Crippen molar-refractivity contribution in [2.75, 3.05) is 30.4 Å². The largest absolute Gasteiger partial charge is 0.489 e. The van der Waals surface area contributed by atoms with E-state index in [1.165, 1.54) is 0 Å². The highest BCUT2D eigenvalue weighted by atomic mass is 16.5. The highest BCUT2D eigenvalue weighted by Crippen LogP contribution is 2.25. The van der Waals surface area contributed by atoms with Gasteiger partial charge in [0.1, 0.15) is 12.4 Å². The predicted molar refractivity (Wildman–Crippen MR) is 137 cm³/mol. The molecule has 4 rings (SSSR count). The Morgan fingerprint density at radius 3 is 2.63 bits per heavy atom. The van der Waals surface area contributed by atoms with Gasteiger partial charge in [-0.1, -0.05) is 48.5 Å². The van der Waals surface area contributed by atoms with Crippen LogP contribution < -0.4 is 20.7 Å². The number of benzene rings is 3. The van der Waals surface area contributed by atoms with Gasteiger partial charge in [0.25, 0.3) is 5.91 Å². The number of hydrogen-bond donors (Lipinski definition) is 3. The maximum atomic E-state index is 12.7. The highest BCUT2D eigenvalue weighted by molar-refractivity contribution is 5.97. The van der Waals surface area contributed by atoms with E-state index in [0.29, 0.717) is 29.3 Å². The number of amides is 2. The molecular formula is C28H31N3O4. The first-order valence-electron chi connectivity index (χ1n) is 11.9. The molecule has 7 nitrogen and oxygen atoms in total. The van der Waals surface area contributed by atoms with Crippen LogP contribution >= 0.6 is 0 Å². The summed E-state index contributed by atoms with van der Waals surface area (Å²) in [5.41, 5.74) is 2.85. The van der Waals surface area contributed by atoms with Gasteiger partial charge in [-0.3, -0.25) is 9.59 Å². The molecule has 182 valence electrons. The van der Waals surface area contributed by atoms with Crippen LogP contribution in [0.5, 0.6) is 5.75 Å². The summed E-state index contributed by atoms with van der Waals surface area (Å²) >= 11 is 0. The van der Waals surface area contributed by atoms with E-state index in [-0.39, 0.29) is 30.5 Å². The molecule has 1 fully saturated rings. The van der Waals surface area contributed by atoms with Crippen LogP contribution in [0.1, 0.15) is 41.7 Å². The Kier molecular flexibility index (Phi) is 8.35. The molecule has 3 aromatic carbocycles. The molecular weight excluding hydrogens is 442 g/mol. The zero-order valence-electron chi connectivity index (χ0n) is 19.8. The van der Waals surface area contributed by atoms with Gasteiger partial charge < -0.3 is 25.4 Å². The first kappa shape index (κ1) is 24.3. The number of carbonyl (C=O) groups excluding carboxylic acids is 2. The van der Waals surface area contributed by atoms with Gasteiger partial charge in [0.2, 0.25) is 5.91 Å². The normalized spacial score (nSPS) is 15.7. The van der Waals surface area contributed by atoms with Gasteiger partial charge in [0.15, 0.2) is 0 Å². The van der Waals surface area contributed by atoms with Crippen LogP contribution in [0, 0.1) is 0 Å². The number of hydrogen-bond acceptors (Lipinski definition) is 5. The van der Waals surface area contributed by atoms with Crippen molar-refractivity contribution >= 4 is 23.2 Å². The van der Waals surface area contributed by atoms with E-state index < -0.39 is 0 Å². The summed E-state index contributed by atoms with van der Waals surface area (Å²) in [4.78, 5) is 25.3. The Balaban J connectivity index is 1.29. The van der Waals surface area contributed by atoms with Crippen LogP contribution in [-0.2, 0) is 9.53 Å². The third kappa shape index (κ3) is 7.07. The molecule has 1 aliphatic rings. The van der Waals surface area contributed by atoms with Crippen molar-refractivity contribution in [3.05, 3.63) is 90.0 Å². The van der Waals surface area contributed by atoms with Crippen LogP contribution in [0.15, 0.2) is 78.9 Å². The molecule has 35 heavy (non-hydrogen) atoms. The second-order valence-corrected chi connectivity index (χ2v) is 8.53. The van der Waals surface area contributed by atoms with Crippen LogP contribution in [0.3, 0.4) is 0 Å². The van der Waals surface area contributed by atoms with Crippen LogP contribution in [0.2, 0.25) is 0 Å². The van der Waals surface area contributed by atoms with Gasteiger partial charge in [-0.2, -0.15) is 0 Å². The Hall–Kier alpha value is -3.84. The topological polar surface area (TPSA) is 88.7 Å². The van der Waals surface area contributed by atoms with Crippen molar-refractivity contribution in [2.45, 2.75) is 31.9 Å². The second-order valence-electron chi connectivity index (χ2n) is 8.53. The maximum Gasteiger partial charge on any atom is 0.251 e. The lowest BCUT2D eigenvalue weighted by atomic mass is 10.1. The fourth-order valence-corrected chi connectivity index (χ4v) is 3.91. The van der Waals surface area contributed by atoms with Crippen molar-refractivity contribution < 1.29 is 19.1 Å². The average molecular weight is 474 g/mol. The van der Waals surface area contributed by atoms with Gasteiger partial charge in [-0.15, -0.1) is 0 Å². The average Bonchev–Trinajstić information content (AvgIpc) is 3.41. The minimum Gasteiger partial charge on any atom is -0.489 e. The van der Waals surface area contributed by atoms with Crippen molar-refractivity contribution in [3.63, 3.8) is 0 Å². The molecule has 1 saturated heterocycles. The van der Waals surface area contributed by atoms with E-state index in [0.717, 1.165) is 25.0 Å². The minimum absolute atomic E-state index is 0.0472. The summed E-state index contributed by atoms with van der Waals surface area (Å²) in [5, 5.41) is 8.99. The highest BCUT2D eigenvalue weighted by Gasteiger charge is 2.17. The zero-order valence-corrected chi connectivity index (χ0v) is 19.8. The minimum atomic E-state index is -0.217. The first-order chi connectivity index (χ1) is 17.1. The summed E-state index contributed by atoms with van der Waals surface area (Å²) < 4.78 is 11.5. The Morgan fingerprint density at radius 1 is 1.03 bits per heavy atom. The molecule has 1 aliphatic heterocycles. The van der Waals surface area contributed by atoms with Crippen molar-refractivity contribution in [2.24, 2.45) is 0 Å². The summed E-state index contributed by atoms with van der Waals surface area (Å²) in [6, 6.07) is 24.1. The fourth-order valence-electron chi connectivity index (χ4n) is 3.91. The van der Waals surface area contributed by atoms with Crippen molar-refractivity contribution in [1.82, 2.24) is 5.32 Å². The molecule has 7 heteroatoms. The number of para-hydroxylation sites is 2. The quantitative estimate of drug-likeness (QED) is 0.394. The fraction of sp³-hybridized carbons (Fsp3) is 0.286. The van der Waals surface area contributed by atoms with E-state index in [4.69, 9.17) is 9.47 Å². The Bertz CT molecular complexity index is 1130. The SMILES string of the molecule is CC(NC(=O)c1cccc(NCC(=O)Nc2ccccc2OCC2CCCO2)c1)c1ccccc1. The lowest BCUT2D eigenvalue weighted by Gasteiger charge is -2.16. The third-order valence-electron chi connectivity index (χ3n) is 5.83. The van der Waals surface area contributed by atoms with Crippen molar-refractivity contribution in [3.8, 4) is 5.75 Å². The van der Waals surface area contributed by atoms with E-state index in [1.54, 1.807) is 18.2 Å². The number of rotatable bonds is 10. The summed E-state index contributed by atoms with van der Waals surface area (Å²) in [6.45, 7) is 3.23. The summed E-state index contributed by atoms with van der Waals surface area (Å²) in [5.74, 6) is 0.222. The molecule has 2 amide bonds. The zero-order chi connectivity index (χ0) is 24.5. The number of ether oxygens (including phenoxy) is 2. The third-order valence-corrected chi connectivity index (χ3v) is 5.83. The smallest absolute Gasteiger partial charge is 0.251 e. The Morgan fingerprint density at radius 2 is 1.83 bits per heavy atom. The number of anilines is 2. The summed E-state index contributed by atoms with van der Waals surface area (Å²) in [6.07, 6.45) is 2.13. The van der Waals surface area contributed by atoms with E-state index in [9.17, 15) is 9.59 Å². The van der Waals surface area contributed by atoms with Crippen LogP contribution in [0.4, 0.5) is 11.4 Å². The molecule has 0 saturated carbocycles. The molecule has 0 radical (unpaired) electrons. The first-order valence-corrected chi connectivity index (χ1v) is 11.9. The second kappa shape index (κ2) is 12.0. The van der Waals surface area contributed by atoms with Crippen LogP contribution in [-0.4, -0.2) is 37.7 Å².